The van der Waals surface area contributed by atoms with Crippen molar-refractivity contribution < 1.29 is 4.79 Å². The Morgan fingerprint density at radius 3 is 2.60 bits per heavy atom. The van der Waals surface area contributed by atoms with E-state index in [9.17, 15) is 4.79 Å². The average Bonchev–Trinajstić information content (AvgIpc) is 2.43. The number of anilines is 2. The number of hydrogen-bond acceptors (Lipinski definition) is 2. The molecule has 0 unspecified atom stereocenters. The molecular weight excluding hydrogens is 340 g/mol. The van der Waals surface area contributed by atoms with Crippen LogP contribution in [0, 0.1) is 6.92 Å². The molecule has 0 aliphatic rings. The molecule has 0 spiro atoms. The summed E-state index contributed by atoms with van der Waals surface area (Å²) in [4.78, 5) is 11.8. The second-order valence-electron chi connectivity index (χ2n) is 4.32. The molecule has 0 fully saturated rings. The van der Waals surface area contributed by atoms with Crippen LogP contribution >= 0.6 is 27.5 Å². The third kappa shape index (κ3) is 3.99. The number of carbonyl (C=O) groups is 1. The molecule has 0 saturated carbocycles. The van der Waals surface area contributed by atoms with E-state index in [0.717, 1.165) is 21.4 Å². The summed E-state index contributed by atoms with van der Waals surface area (Å²) in [6.45, 7) is 2.11. The predicted octanol–water partition coefficient (Wildman–Crippen LogP) is 4.46. The number of halogens is 2. The standard InChI is InChI=1S/C15H14BrClN2O/c1-10-13(17)3-2-4-14(10)18-9-15(20)19-12-7-5-11(16)6-8-12/h2-8,18H,9H2,1H3,(H,19,20). The summed E-state index contributed by atoms with van der Waals surface area (Å²) >= 11 is 9.38. The van der Waals surface area contributed by atoms with Gasteiger partial charge in [-0.25, -0.2) is 0 Å². The second-order valence-corrected chi connectivity index (χ2v) is 5.64. The molecule has 0 heterocycles. The van der Waals surface area contributed by atoms with Gasteiger partial charge < -0.3 is 10.6 Å². The molecule has 20 heavy (non-hydrogen) atoms. The molecule has 3 nitrogen and oxygen atoms in total. The van der Waals surface area contributed by atoms with Gasteiger partial charge in [0.2, 0.25) is 5.91 Å². The zero-order chi connectivity index (χ0) is 14.5. The Morgan fingerprint density at radius 1 is 1.20 bits per heavy atom. The summed E-state index contributed by atoms with van der Waals surface area (Å²) in [7, 11) is 0. The van der Waals surface area contributed by atoms with Crippen LogP contribution in [0.25, 0.3) is 0 Å². The topological polar surface area (TPSA) is 41.1 Å². The van der Waals surface area contributed by atoms with E-state index in [0.29, 0.717) is 5.02 Å². The maximum Gasteiger partial charge on any atom is 0.243 e. The molecule has 2 rings (SSSR count). The molecule has 2 aromatic carbocycles. The number of carbonyl (C=O) groups excluding carboxylic acids is 1. The highest BCUT2D eigenvalue weighted by Gasteiger charge is 2.05. The molecule has 0 saturated heterocycles. The van der Waals surface area contributed by atoms with E-state index in [4.69, 9.17) is 11.6 Å². The first-order valence-electron chi connectivity index (χ1n) is 6.10. The Kier molecular flexibility index (Phi) is 5.04. The van der Waals surface area contributed by atoms with Crippen molar-refractivity contribution in [3.05, 3.63) is 57.5 Å². The normalized spacial score (nSPS) is 10.2. The van der Waals surface area contributed by atoms with Gasteiger partial charge >= 0.3 is 0 Å². The van der Waals surface area contributed by atoms with Gasteiger partial charge in [0.05, 0.1) is 6.54 Å². The summed E-state index contributed by atoms with van der Waals surface area (Å²) in [5.74, 6) is -0.105. The van der Waals surface area contributed by atoms with Crippen LogP contribution in [-0.2, 0) is 4.79 Å². The van der Waals surface area contributed by atoms with Crippen molar-refractivity contribution in [1.82, 2.24) is 0 Å². The van der Waals surface area contributed by atoms with Crippen molar-refractivity contribution in [3.8, 4) is 0 Å². The van der Waals surface area contributed by atoms with Gasteiger partial charge in [0.25, 0.3) is 0 Å². The molecule has 0 aromatic heterocycles. The van der Waals surface area contributed by atoms with Crippen LogP contribution in [0.15, 0.2) is 46.9 Å². The first-order valence-corrected chi connectivity index (χ1v) is 7.28. The Morgan fingerprint density at radius 2 is 1.90 bits per heavy atom. The lowest BCUT2D eigenvalue weighted by Crippen LogP contribution is -2.22. The van der Waals surface area contributed by atoms with E-state index in [2.05, 4.69) is 26.6 Å². The second kappa shape index (κ2) is 6.77. The molecule has 2 N–H and O–H groups in total. The van der Waals surface area contributed by atoms with Crippen molar-refractivity contribution in [2.75, 3.05) is 17.2 Å². The van der Waals surface area contributed by atoms with Crippen LogP contribution in [-0.4, -0.2) is 12.5 Å². The third-order valence-corrected chi connectivity index (χ3v) is 3.77. The van der Waals surface area contributed by atoms with E-state index in [-0.39, 0.29) is 12.5 Å². The monoisotopic (exact) mass is 352 g/mol. The first-order chi connectivity index (χ1) is 9.56. The number of amides is 1. The third-order valence-electron chi connectivity index (χ3n) is 2.84. The molecule has 2 aromatic rings. The van der Waals surface area contributed by atoms with Gasteiger partial charge in [-0.1, -0.05) is 33.6 Å². The van der Waals surface area contributed by atoms with Crippen LogP contribution in [0.4, 0.5) is 11.4 Å². The summed E-state index contributed by atoms with van der Waals surface area (Å²) in [5, 5.41) is 6.58. The fraction of sp³-hybridized carbons (Fsp3) is 0.133. The quantitative estimate of drug-likeness (QED) is 0.852. The fourth-order valence-electron chi connectivity index (χ4n) is 1.71. The van der Waals surface area contributed by atoms with E-state index in [1.807, 2.05) is 49.4 Å². The minimum atomic E-state index is -0.105. The van der Waals surface area contributed by atoms with Crippen molar-refractivity contribution in [2.24, 2.45) is 0 Å². The van der Waals surface area contributed by atoms with Gasteiger partial charge in [-0.3, -0.25) is 4.79 Å². The molecule has 0 radical (unpaired) electrons. The first kappa shape index (κ1) is 14.9. The average molecular weight is 354 g/mol. The van der Waals surface area contributed by atoms with Crippen molar-refractivity contribution in [1.29, 1.82) is 0 Å². The zero-order valence-corrected chi connectivity index (χ0v) is 13.3. The van der Waals surface area contributed by atoms with E-state index in [1.54, 1.807) is 0 Å². The molecule has 0 aliphatic heterocycles. The van der Waals surface area contributed by atoms with Gasteiger partial charge in [-0.2, -0.15) is 0 Å². The lowest BCUT2D eigenvalue weighted by atomic mass is 10.2. The summed E-state index contributed by atoms with van der Waals surface area (Å²) in [5.41, 5.74) is 2.57. The van der Waals surface area contributed by atoms with Gasteiger partial charge in [0, 0.05) is 20.9 Å². The zero-order valence-electron chi connectivity index (χ0n) is 10.9. The minimum absolute atomic E-state index is 0.105. The lowest BCUT2D eigenvalue weighted by Gasteiger charge is -2.11. The SMILES string of the molecule is Cc1c(Cl)cccc1NCC(=O)Nc1ccc(Br)cc1. The highest BCUT2D eigenvalue weighted by Crippen LogP contribution is 2.22. The molecule has 1 amide bonds. The molecule has 104 valence electrons. The predicted molar refractivity (Wildman–Crippen MR) is 87.5 cm³/mol. The Bertz CT molecular complexity index is 614. The molecule has 0 aliphatic carbocycles. The van der Waals surface area contributed by atoms with Crippen LogP contribution < -0.4 is 10.6 Å². The largest absolute Gasteiger partial charge is 0.376 e. The van der Waals surface area contributed by atoms with Crippen molar-refractivity contribution in [2.45, 2.75) is 6.92 Å². The highest BCUT2D eigenvalue weighted by molar-refractivity contribution is 9.10. The molecule has 0 atom stereocenters. The number of hydrogen-bond donors (Lipinski definition) is 2. The van der Waals surface area contributed by atoms with Crippen LogP contribution in [0.5, 0.6) is 0 Å². The van der Waals surface area contributed by atoms with Gasteiger partial charge in [-0.15, -0.1) is 0 Å². The van der Waals surface area contributed by atoms with Crippen LogP contribution in [0.1, 0.15) is 5.56 Å². The lowest BCUT2D eigenvalue weighted by molar-refractivity contribution is -0.114. The summed E-state index contributed by atoms with van der Waals surface area (Å²) in [6, 6.07) is 13.0. The van der Waals surface area contributed by atoms with E-state index >= 15 is 0 Å². The van der Waals surface area contributed by atoms with Crippen molar-refractivity contribution >= 4 is 44.8 Å². The highest BCUT2D eigenvalue weighted by atomic mass is 79.9. The Balaban J connectivity index is 1.92. The van der Waals surface area contributed by atoms with Gasteiger partial charge in [0.15, 0.2) is 0 Å². The summed E-state index contributed by atoms with van der Waals surface area (Å²) < 4.78 is 0.975. The molecule has 5 heteroatoms. The Labute approximate surface area is 131 Å². The number of rotatable bonds is 4. The smallest absolute Gasteiger partial charge is 0.243 e. The van der Waals surface area contributed by atoms with Crippen molar-refractivity contribution in [3.63, 3.8) is 0 Å². The van der Waals surface area contributed by atoms with Crippen LogP contribution in [0.2, 0.25) is 5.02 Å². The van der Waals surface area contributed by atoms with Gasteiger partial charge in [-0.05, 0) is 48.9 Å². The van der Waals surface area contributed by atoms with Crippen LogP contribution in [0.3, 0.4) is 0 Å². The van der Waals surface area contributed by atoms with E-state index < -0.39 is 0 Å². The number of benzene rings is 2. The summed E-state index contributed by atoms with van der Waals surface area (Å²) in [6.07, 6.45) is 0. The fourth-order valence-corrected chi connectivity index (χ4v) is 2.15. The number of nitrogens with one attached hydrogen (secondary N) is 2. The maximum atomic E-state index is 11.8. The van der Waals surface area contributed by atoms with E-state index in [1.165, 1.54) is 0 Å². The maximum absolute atomic E-state index is 11.8. The molecular formula is C15H14BrClN2O. The minimum Gasteiger partial charge on any atom is -0.376 e. The Hall–Kier alpha value is -1.52. The van der Waals surface area contributed by atoms with Gasteiger partial charge in [0.1, 0.15) is 0 Å². The molecule has 0 bridgehead atoms.